The number of benzene rings is 1. The Morgan fingerprint density at radius 3 is 2.29 bits per heavy atom. The number of nitrogens with one attached hydrogen (secondary N) is 1. The first-order valence-electron chi connectivity index (χ1n) is 6.26. The lowest BCUT2D eigenvalue weighted by Gasteiger charge is -2.19. The van der Waals surface area contributed by atoms with Crippen LogP contribution < -0.4 is 11.3 Å². The van der Waals surface area contributed by atoms with E-state index in [1.54, 1.807) is 7.11 Å². The van der Waals surface area contributed by atoms with Crippen LogP contribution in [0.5, 0.6) is 0 Å². The molecular weight excluding hydrogens is 212 g/mol. The molecule has 1 aromatic carbocycles. The van der Waals surface area contributed by atoms with E-state index in [1.165, 1.54) is 11.1 Å². The molecule has 0 aliphatic rings. The van der Waals surface area contributed by atoms with Gasteiger partial charge in [0, 0.05) is 13.2 Å². The number of aryl methyl sites for hydroxylation is 1. The minimum Gasteiger partial charge on any atom is -0.382 e. The molecule has 96 valence electrons. The topological polar surface area (TPSA) is 47.3 Å². The molecule has 0 fully saturated rings. The van der Waals surface area contributed by atoms with Gasteiger partial charge in [0.05, 0.1) is 6.10 Å². The highest BCUT2D eigenvalue weighted by Crippen LogP contribution is 2.10. The van der Waals surface area contributed by atoms with E-state index in [9.17, 15) is 0 Å². The van der Waals surface area contributed by atoms with Gasteiger partial charge in [0.1, 0.15) is 0 Å². The zero-order chi connectivity index (χ0) is 12.7. The number of hydrogen-bond acceptors (Lipinski definition) is 3. The molecule has 0 aliphatic carbocycles. The minimum atomic E-state index is 0.228. The molecule has 2 atom stereocenters. The van der Waals surface area contributed by atoms with E-state index < -0.39 is 0 Å². The van der Waals surface area contributed by atoms with Crippen LogP contribution >= 0.6 is 0 Å². The Balaban J connectivity index is 2.54. The van der Waals surface area contributed by atoms with Gasteiger partial charge in [-0.2, -0.15) is 0 Å². The Morgan fingerprint density at radius 1 is 1.24 bits per heavy atom. The van der Waals surface area contributed by atoms with Crippen molar-refractivity contribution >= 4 is 0 Å². The summed E-state index contributed by atoms with van der Waals surface area (Å²) in [6.45, 7) is 4.23. The number of nitrogens with two attached hydrogens (primary N) is 1. The Kier molecular flexibility index (Phi) is 6.19. The van der Waals surface area contributed by atoms with E-state index in [0.717, 1.165) is 19.3 Å². The lowest BCUT2D eigenvalue weighted by atomic mass is 10.00. The molecule has 17 heavy (non-hydrogen) atoms. The van der Waals surface area contributed by atoms with Crippen molar-refractivity contribution in [3.05, 3.63) is 35.4 Å². The third-order valence-corrected chi connectivity index (χ3v) is 3.17. The monoisotopic (exact) mass is 236 g/mol. The van der Waals surface area contributed by atoms with E-state index in [0.29, 0.717) is 0 Å². The zero-order valence-corrected chi connectivity index (χ0v) is 11.1. The maximum Gasteiger partial charge on any atom is 0.0558 e. The average Bonchev–Trinajstić information content (AvgIpc) is 2.38. The fraction of sp³-hybridized carbons (Fsp3) is 0.571. The highest BCUT2D eigenvalue weighted by molar-refractivity contribution is 5.23. The van der Waals surface area contributed by atoms with Crippen molar-refractivity contribution in [1.29, 1.82) is 0 Å². The van der Waals surface area contributed by atoms with E-state index in [2.05, 4.69) is 43.5 Å². The molecule has 3 nitrogen and oxygen atoms in total. The van der Waals surface area contributed by atoms with Gasteiger partial charge in [-0.25, -0.2) is 0 Å². The molecule has 3 heteroatoms. The van der Waals surface area contributed by atoms with E-state index in [-0.39, 0.29) is 12.1 Å². The summed E-state index contributed by atoms with van der Waals surface area (Å²) in [5.74, 6) is 5.57. The van der Waals surface area contributed by atoms with Gasteiger partial charge in [-0.3, -0.25) is 11.3 Å². The molecule has 0 aliphatic heterocycles. The Morgan fingerprint density at radius 2 is 1.82 bits per heavy atom. The van der Waals surface area contributed by atoms with Gasteiger partial charge in [-0.1, -0.05) is 31.2 Å². The van der Waals surface area contributed by atoms with Crippen LogP contribution in [0.2, 0.25) is 0 Å². The molecule has 0 radical (unpaired) electrons. The van der Waals surface area contributed by atoms with Crippen molar-refractivity contribution in [2.24, 2.45) is 5.84 Å². The van der Waals surface area contributed by atoms with Crippen LogP contribution in [0.15, 0.2) is 24.3 Å². The summed E-state index contributed by atoms with van der Waals surface area (Å²) in [5.41, 5.74) is 5.55. The van der Waals surface area contributed by atoms with Gasteiger partial charge < -0.3 is 4.74 Å². The molecule has 1 rings (SSSR count). The summed E-state index contributed by atoms with van der Waals surface area (Å²) in [5, 5.41) is 0. The summed E-state index contributed by atoms with van der Waals surface area (Å²) in [4.78, 5) is 0. The third-order valence-electron chi connectivity index (χ3n) is 3.17. The van der Waals surface area contributed by atoms with E-state index in [4.69, 9.17) is 10.6 Å². The summed E-state index contributed by atoms with van der Waals surface area (Å²) in [6.07, 6.45) is 3.17. The number of rotatable bonds is 7. The van der Waals surface area contributed by atoms with Gasteiger partial charge in [0.15, 0.2) is 0 Å². The van der Waals surface area contributed by atoms with Gasteiger partial charge in [0.2, 0.25) is 0 Å². The first-order chi connectivity index (χ1) is 8.19. The molecule has 2 unspecified atom stereocenters. The third kappa shape index (κ3) is 4.86. The highest BCUT2D eigenvalue weighted by Gasteiger charge is 2.11. The van der Waals surface area contributed by atoms with Crippen molar-refractivity contribution in [2.75, 3.05) is 7.11 Å². The lowest BCUT2D eigenvalue weighted by molar-refractivity contribution is 0.100. The molecule has 3 N–H and O–H groups in total. The first-order valence-corrected chi connectivity index (χ1v) is 6.26. The van der Waals surface area contributed by atoms with E-state index >= 15 is 0 Å². The predicted octanol–water partition coefficient (Wildman–Crippen LogP) is 2.05. The van der Waals surface area contributed by atoms with Crippen LogP contribution in [0, 0.1) is 0 Å². The van der Waals surface area contributed by atoms with Crippen LogP contribution in [0.25, 0.3) is 0 Å². The summed E-state index contributed by atoms with van der Waals surface area (Å²) < 4.78 is 5.26. The van der Waals surface area contributed by atoms with Gasteiger partial charge in [0.25, 0.3) is 0 Å². The number of ether oxygens (including phenoxy) is 1. The first kappa shape index (κ1) is 14.2. The molecule has 0 bridgehead atoms. The summed E-state index contributed by atoms with van der Waals surface area (Å²) >= 11 is 0. The van der Waals surface area contributed by atoms with Crippen LogP contribution in [0.3, 0.4) is 0 Å². The standard InChI is InChI=1S/C14H24N2O/c1-4-12-5-7-13(8-6-12)10-14(16-15)9-11(2)17-3/h5-8,11,14,16H,4,9-10,15H2,1-3H3. The molecule has 1 aromatic rings. The second-order valence-corrected chi connectivity index (χ2v) is 4.52. The molecule has 0 saturated carbocycles. The van der Waals surface area contributed by atoms with Crippen molar-refractivity contribution in [1.82, 2.24) is 5.43 Å². The van der Waals surface area contributed by atoms with Crippen LogP contribution in [-0.4, -0.2) is 19.3 Å². The van der Waals surface area contributed by atoms with Gasteiger partial charge in [-0.05, 0) is 37.3 Å². The molecular formula is C14H24N2O. The zero-order valence-electron chi connectivity index (χ0n) is 11.1. The Labute approximate surface area is 104 Å². The smallest absolute Gasteiger partial charge is 0.0558 e. The van der Waals surface area contributed by atoms with E-state index in [1.807, 2.05) is 0 Å². The number of hydrogen-bond donors (Lipinski definition) is 2. The van der Waals surface area contributed by atoms with Crippen molar-refractivity contribution in [3.63, 3.8) is 0 Å². The molecule has 0 heterocycles. The van der Waals surface area contributed by atoms with Crippen LogP contribution in [-0.2, 0) is 17.6 Å². The largest absolute Gasteiger partial charge is 0.382 e. The fourth-order valence-electron chi connectivity index (χ4n) is 1.90. The van der Waals surface area contributed by atoms with Crippen LogP contribution in [0.4, 0.5) is 0 Å². The summed E-state index contributed by atoms with van der Waals surface area (Å²) in [6, 6.07) is 8.99. The summed E-state index contributed by atoms with van der Waals surface area (Å²) in [7, 11) is 1.73. The lowest BCUT2D eigenvalue weighted by Crippen LogP contribution is -2.39. The maximum absolute atomic E-state index is 5.57. The van der Waals surface area contributed by atoms with Crippen LogP contribution in [0.1, 0.15) is 31.4 Å². The number of hydrazine groups is 1. The Bertz CT molecular complexity index is 311. The van der Waals surface area contributed by atoms with Crippen molar-refractivity contribution < 1.29 is 4.74 Å². The minimum absolute atomic E-state index is 0.228. The fourth-order valence-corrected chi connectivity index (χ4v) is 1.90. The molecule has 0 spiro atoms. The maximum atomic E-state index is 5.57. The average molecular weight is 236 g/mol. The SMILES string of the molecule is CCc1ccc(CC(CC(C)OC)NN)cc1. The van der Waals surface area contributed by atoms with Gasteiger partial charge >= 0.3 is 0 Å². The molecule has 0 aromatic heterocycles. The quantitative estimate of drug-likeness (QED) is 0.562. The van der Waals surface area contributed by atoms with Crippen molar-refractivity contribution in [3.8, 4) is 0 Å². The van der Waals surface area contributed by atoms with Gasteiger partial charge in [-0.15, -0.1) is 0 Å². The predicted molar refractivity (Wildman–Crippen MR) is 71.7 cm³/mol. The molecule has 0 amide bonds. The number of methoxy groups -OCH3 is 1. The van der Waals surface area contributed by atoms with Crippen molar-refractivity contribution in [2.45, 2.75) is 45.3 Å². The highest BCUT2D eigenvalue weighted by atomic mass is 16.5. The normalized spacial score (nSPS) is 14.6. The second kappa shape index (κ2) is 7.43. The molecule has 0 saturated heterocycles. The second-order valence-electron chi connectivity index (χ2n) is 4.52. The Hall–Kier alpha value is -0.900.